The number of fused-ring (bicyclic) bond motifs is 1. The van der Waals surface area contributed by atoms with Crippen LogP contribution in [-0.2, 0) is 0 Å². The van der Waals surface area contributed by atoms with Crippen LogP contribution >= 0.6 is 35.0 Å². The average molecular weight is 430 g/mol. The van der Waals surface area contributed by atoms with Crippen LogP contribution in [0.5, 0.6) is 0 Å². The predicted molar refractivity (Wildman–Crippen MR) is 115 cm³/mol. The van der Waals surface area contributed by atoms with Gasteiger partial charge in [0.05, 0.1) is 15.7 Å². The number of thioether (sulfide) groups is 1. The zero-order chi connectivity index (χ0) is 19.3. The van der Waals surface area contributed by atoms with E-state index in [2.05, 4.69) is 16.8 Å². The SMILES string of the molecule is CC1CN2C(=NC(c3ccccn3)C2c2ccc(-c3cccc(Cl)c3Cl)o2)S1. The summed E-state index contributed by atoms with van der Waals surface area (Å²) in [4.78, 5) is 11.9. The minimum Gasteiger partial charge on any atom is -0.459 e. The van der Waals surface area contributed by atoms with Crippen molar-refractivity contribution in [2.75, 3.05) is 6.54 Å². The Morgan fingerprint density at radius 3 is 2.82 bits per heavy atom. The van der Waals surface area contributed by atoms with E-state index in [1.165, 1.54) is 0 Å². The number of furan rings is 1. The topological polar surface area (TPSA) is 41.6 Å². The van der Waals surface area contributed by atoms with Crippen LogP contribution < -0.4 is 0 Å². The first kappa shape index (κ1) is 18.1. The van der Waals surface area contributed by atoms with Gasteiger partial charge in [0.25, 0.3) is 0 Å². The lowest BCUT2D eigenvalue weighted by Crippen LogP contribution is -2.28. The molecule has 0 spiro atoms. The number of rotatable bonds is 3. The zero-order valence-corrected chi connectivity index (χ0v) is 17.4. The third kappa shape index (κ3) is 3.02. The number of hydrogen-bond donors (Lipinski definition) is 0. The van der Waals surface area contributed by atoms with Gasteiger partial charge in [0.1, 0.15) is 23.6 Å². The maximum Gasteiger partial charge on any atom is 0.161 e. The third-order valence-electron chi connectivity index (χ3n) is 5.02. The molecule has 2 aliphatic rings. The van der Waals surface area contributed by atoms with Crippen molar-refractivity contribution in [2.45, 2.75) is 24.3 Å². The van der Waals surface area contributed by atoms with Gasteiger partial charge in [-0.15, -0.1) is 0 Å². The molecule has 0 aliphatic carbocycles. The lowest BCUT2D eigenvalue weighted by atomic mass is 10.0. The second kappa shape index (κ2) is 7.14. The molecule has 1 fully saturated rings. The largest absolute Gasteiger partial charge is 0.459 e. The Balaban J connectivity index is 1.55. The van der Waals surface area contributed by atoms with Crippen LogP contribution in [0, 0.1) is 0 Å². The second-order valence-electron chi connectivity index (χ2n) is 6.94. The molecular weight excluding hydrogens is 413 g/mol. The predicted octanol–water partition coefficient (Wildman–Crippen LogP) is 6.24. The molecule has 28 heavy (non-hydrogen) atoms. The van der Waals surface area contributed by atoms with Crippen molar-refractivity contribution in [3.63, 3.8) is 0 Å². The number of pyridine rings is 1. The normalized spacial score (nSPS) is 23.8. The highest BCUT2D eigenvalue weighted by molar-refractivity contribution is 8.14. The van der Waals surface area contributed by atoms with E-state index < -0.39 is 0 Å². The molecule has 1 aromatic carbocycles. The van der Waals surface area contributed by atoms with Gasteiger partial charge in [0.15, 0.2) is 5.17 Å². The molecule has 4 heterocycles. The van der Waals surface area contributed by atoms with Crippen LogP contribution in [0.2, 0.25) is 10.0 Å². The Morgan fingerprint density at radius 2 is 2.00 bits per heavy atom. The van der Waals surface area contributed by atoms with Gasteiger partial charge in [-0.2, -0.15) is 0 Å². The van der Waals surface area contributed by atoms with Crippen LogP contribution in [0.15, 0.2) is 64.1 Å². The molecule has 0 radical (unpaired) electrons. The molecule has 0 saturated carbocycles. The summed E-state index contributed by atoms with van der Waals surface area (Å²) in [5.74, 6) is 1.56. The molecule has 142 valence electrons. The van der Waals surface area contributed by atoms with Gasteiger partial charge < -0.3 is 9.32 Å². The molecular formula is C21H17Cl2N3OS. The van der Waals surface area contributed by atoms with Crippen molar-refractivity contribution in [1.82, 2.24) is 9.88 Å². The molecule has 3 atom stereocenters. The lowest BCUT2D eigenvalue weighted by Gasteiger charge is -2.25. The van der Waals surface area contributed by atoms with E-state index in [4.69, 9.17) is 32.6 Å². The van der Waals surface area contributed by atoms with Crippen LogP contribution in [0.4, 0.5) is 0 Å². The molecule has 1 saturated heterocycles. The lowest BCUT2D eigenvalue weighted by molar-refractivity contribution is 0.277. The van der Waals surface area contributed by atoms with E-state index in [-0.39, 0.29) is 12.1 Å². The summed E-state index contributed by atoms with van der Waals surface area (Å²) >= 11 is 14.4. The van der Waals surface area contributed by atoms with Crippen molar-refractivity contribution in [3.8, 4) is 11.3 Å². The zero-order valence-electron chi connectivity index (χ0n) is 15.0. The maximum atomic E-state index is 6.39. The van der Waals surface area contributed by atoms with Gasteiger partial charge in [0, 0.05) is 23.6 Å². The number of aliphatic imine (C=N–C) groups is 1. The smallest absolute Gasteiger partial charge is 0.161 e. The summed E-state index contributed by atoms with van der Waals surface area (Å²) in [5, 5.41) is 2.58. The van der Waals surface area contributed by atoms with Crippen molar-refractivity contribution in [3.05, 3.63) is 76.2 Å². The molecule has 0 N–H and O–H groups in total. The monoisotopic (exact) mass is 429 g/mol. The van der Waals surface area contributed by atoms with E-state index in [0.29, 0.717) is 21.1 Å². The van der Waals surface area contributed by atoms with Crippen molar-refractivity contribution >= 4 is 40.1 Å². The summed E-state index contributed by atoms with van der Waals surface area (Å²) in [6.07, 6.45) is 1.81. The summed E-state index contributed by atoms with van der Waals surface area (Å²) in [7, 11) is 0. The minimum atomic E-state index is -0.0926. The Bertz CT molecular complexity index is 1050. The molecule has 2 aromatic heterocycles. The Morgan fingerprint density at radius 1 is 1.11 bits per heavy atom. The standard InChI is InChI=1S/C21H17Cl2N3OS/c1-12-11-26-20(19(25-21(26)28-12)15-7-2-3-10-24-15)17-9-8-16(27-17)13-5-4-6-14(22)18(13)23/h2-10,12,19-20H,11H2,1H3. The van der Waals surface area contributed by atoms with Gasteiger partial charge in [-0.1, -0.05) is 54.0 Å². The molecule has 0 bridgehead atoms. The quantitative estimate of drug-likeness (QED) is 0.494. The summed E-state index contributed by atoms with van der Waals surface area (Å²) in [6.45, 7) is 3.16. The molecule has 0 amide bonds. The van der Waals surface area contributed by atoms with E-state index in [1.54, 1.807) is 6.07 Å². The van der Waals surface area contributed by atoms with Crippen LogP contribution in [0.3, 0.4) is 0 Å². The van der Waals surface area contributed by atoms with Crippen molar-refractivity contribution in [1.29, 1.82) is 0 Å². The molecule has 3 unspecified atom stereocenters. The number of aromatic nitrogens is 1. The van der Waals surface area contributed by atoms with Crippen LogP contribution in [0.1, 0.15) is 30.5 Å². The summed E-state index contributed by atoms with van der Waals surface area (Å²) < 4.78 is 6.29. The van der Waals surface area contributed by atoms with E-state index in [9.17, 15) is 0 Å². The van der Waals surface area contributed by atoms with Crippen molar-refractivity contribution in [2.24, 2.45) is 4.99 Å². The molecule has 7 heteroatoms. The van der Waals surface area contributed by atoms with Crippen LogP contribution in [0.25, 0.3) is 11.3 Å². The first-order chi connectivity index (χ1) is 13.6. The third-order valence-corrected chi connectivity index (χ3v) is 6.94. The Hall–Kier alpha value is -1.95. The molecule has 2 aliphatic heterocycles. The number of halogens is 2. The van der Waals surface area contributed by atoms with Gasteiger partial charge in [-0.05, 0) is 36.4 Å². The Labute approximate surface area is 177 Å². The number of hydrogen-bond acceptors (Lipinski definition) is 5. The minimum absolute atomic E-state index is 0.0194. The second-order valence-corrected chi connectivity index (χ2v) is 9.13. The molecule has 5 rings (SSSR count). The van der Waals surface area contributed by atoms with Crippen LogP contribution in [-0.4, -0.2) is 26.8 Å². The fourth-order valence-corrected chi connectivity index (χ4v) is 5.26. The molecule has 3 aromatic rings. The number of amidine groups is 1. The highest BCUT2D eigenvalue weighted by Crippen LogP contribution is 2.48. The van der Waals surface area contributed by atoms with Crippen molar-refractivity contribution < 1.29 is 4.42 Å². The van der Waals surface area contributed by atoms with E-state index in [1.807, 2.05) is 60.4 Å². The van der Waals surface area contributed by atoms with Gasteiger partial charge >= 0.3 is 0 Å². The average Bonchev–Trinajstić information content (AvgIpc) is 3.38. The first-order valence-electron chi connectivity index (χ1n) is 9.08. The highest BCUT2D eigenvalue weighted by atomic mass is 35.5. The Kier molecular flexibility index (Phi) is 4.62. The number of nitrogens with zero attached hydrogens (tertiary/aromatic N) is 3. The first-order valence-corrected chi connectivity index (χ1v) is 10.7. The van der Waals surface area contributed by atoms with Gasteiger partial charge in [-0.3, -0.25) is 4.98 Å². The summed E-state index contributed by atoms with van der Waals surface area (Å²) in [6, 6.07) is 15.4. The maximum absolute atomic E-state index is 6.39. The molecule has 4 nitrogen and oxygen atoms in total. The fraction of sp³-hybridized carbons (Fsp3) is 0.238. The number of benzene rings is 1. The van der Waals surface area contributed by atoms with E-state index in [0.717, 1.165) is 28.7 Å². The van der Waals surface area contributed by atoms with Gasteiger partial charge in [0.2, 0.25) is 0 Å². The fourth-order valence-electron chi connectivity index (χ4n) is 3.78. The van der Waals surface area contributed by atoms with Gasteiger partial charge in [-0.25, -0.2) is 4.99 Å². The summed E-state index contributed by atoms with van der Waals surface area (Å²) in [5.41, 5.74) is 1.74. The highest BCUT2D eigenvalue weighted by Gasteiger charge is 2.45. The van der Waals surface area contributed by atoms with E-state index >= 15 is 0 Å².